The average Bonchev–Trinajstić information content (AvgIpc) is 2.97. The van der Waals surface area contributed by atoms with Gasteiger partial charge in [-0.3, -0.25) is 4.90 Å². The largest absolute Gasteiger partial charge is 0.465 e. The molecule has 0 saturated carbocycles. The quantitative estimate of drug-likeness (QED) is 0.567. The van der Waals surface area contributed by atoms with Crippen molar-refractivity contribution in [3.8, 4) is 0 Å². The van der Waals surface area contributed by atoms with Crippen LogP contribution in [0.2, 0.25) is 5.02 Å². The molecule has 5 nitrogen and oxygen atoms in total. The monoisotopic (exact) mass is 437 g/mol. The number of piperazine rings is 1. The van der Waals surface area contributed by atoms with Crippen LogP contribution in [0.25, 0.3) is 0 Å². The number of halogens is 1. The molecule has 28 heavy (non-hydrogen) atoms. The molecule has 1 aliphatic rings. The molecule has 150 valence electrons. The number of benzene rings is 1. The van der Waals surface area contributed by atoms with E-state index in [0.717, 1.165) is 58.8 Å². The summed E-state index contributed by atoms with van der Waals surface area (Å²) in [6.45, 7) is 8.22. The van der Waals surface area contributed by atoms with Crippen molar-refractivity contribution in [3.05, 3.63) is 50.9 Å². The summed E-state index contributed by atoms with van der Waals surface area (Å²) in [6, 6.07) is 7.96. The number of rotatable bonds is 4. The fourth-order valence-electron chi connectivity index (χ4n) is 3.22. The fraction of sp³-hybridized carbons (Fsp3) is 0.400. The molecule has 1 aromatic carbocycles. The Morgan fingerprint density at radius 3 is 2.57 bits per heavy atom. The summed E-state index contributed by atoms with van der Waals surface area (Å²) in [5.41, 5.74) is 2.65. The van der Waals surface area contributed by atoms with E-state index in [2.05, 4.69) is 21.2 Å². The first-order valence-electron chi connectivity index (χ1n) is 9.10. The van der Waals surface area contributed by atoms with E-state index >= 15 is 0 Å². The highest BCUT2D eigenvalue weighted by Gasteiger charge is 2.24. The summed E-state index contributed by atoms with van der Waals surface area (Å²) < 4.78 is 4.93. The van der Waals surface area contributed by atoms with Crippen molar-refractivity contribution >= 4 is 51.2 Å². The lowest BCUT2D eigenvalue weighted by molar-refractivity contribution is 0.0601. The first-order chi connectivity index (χ1) is 13.4. The van der Waals surface area contributed by atoms with Crippen LogP contribution in [0.4, 0.5) is 5.00 Å². The third kappa shape index (κ3) is 4.66. The van der Waals surface area contributed by atoms with Gasteiger partial charge in [-0.1, -0.05) is 29.8 Å². The van der Waals surface area contributed by atoms with E-state index in [4.69, 9.17) is 28.6 Å². The van der Waals surface area contributed by atoms with Crippen LogP contribution in [0.15, 0.2) is 24.3 Å². The van der Waals surface area contributed by atoms with Crippen molar-refractivity contribution in [2.45, 2.75) is 20.4 Å². The highest BCUT2D eigenvalue weighted by Crippen LogP contribution is 2.33. The number of aryl methyl sites for hydroxylation is 1. The van der Waals surface area contributed by atoms with Crippen molar-refractivity contribution in [2.75, 3.05) is 38.6 Å². The van der Waals surface area contributed by atoms with Crippen LogP contribution in [0, 0.1) is 13.8 Å². The second-order valence-corrected chi connectivity index (χ2v) is 8.78. The Balaban J connectivity index is 1.60. The van der Waals surface area contributed by atoms with E-state index < -0.39 is 0 Å². The molecule has 0 aliphatic carbocycles. The van der Waals surface area contributed by atoms with Crippen LogP contribution in [-0.2, 0) is 11.3 Å². The average molecular weight is 438 g/mol. The molecule has 2 heterocycles. The zero-order valence-electron chi connectivity index (χ0n) is 16.3. The summed E-state index contributed by atoms with van der Waals surface area (Å²) in [5.74, 6) is -0.336. The molecule has 3 rings (SSSR count). The predicted molar refractivity (Wildman–Crippen MR) is 120 cm³/mol. The molecule has 1 aliphatic heterocycles. The van der Waals surface area contributed by atoms with Gasteiger partial charge in [0.25, 0.3) is 0 Å². The number of hydrogen-bond donors (Lipinski definition) is 1. The van der Waals surface area contributed by atoms with Gasteiger partial charge in [0.15, 0.2) is 5.11 Å². The predicted octanol–water partition coefficient (Wildman–Crippen LogP) is 4.32. The molecule has 0 bridgehead atoms. The summed E-state index contributed by atoms with van der Waals surface area (Å²) >= 11 is 13.4. The van der Waals surface area contributed by atoms with Crippen molar-refractivity contribution < 1.29 is 9.53 Å². The molecule has 0 atom stereocenters. The molecule has 2 aromatic rings. The topological polar surface area (TPSA) is 44.8 Å². The maximum Gasteiger partial charge on any atom is 0.341 e. The van der Waals surface area contributed by atoms with Crippen molar-refractivity contribution in [1.29, 1.82) is 0 Å². The summed E-state index contributed by atoms with van der Waals surface area (Å²) in [6.07, 6.45) is 0. The number of ether oxygens (including phenoxy) is 1. The second-order valence-electron chi connectivity index (χ2n) is 6.76. The van der Waals surface area contributed by atoms with Crippen LogP contribution >= 0.6 is 35.2 Å². The van der Waals surface area contributed by atoms with Gasteiger partial charge in [-0.25, -0.2) is 4.79 Å². The molecule has 0 amide bonds. The Hall–Kier alpha value is -1.67. The molecule has 0 unspecified atom stereocenters. The molecular weight excluding hydrogens is 414 g/mol. The van der Waals surface area contributed by atoms with Crippen LogP contribution in [0.5, 0.6) is 0 Å². The van der Waals surface area contributed by atoms with E-state index in [1.807, 2.05) is 32.0 Å². The van der Waals surface area contributed by atoms with E-state index in [1.54, 1.807) is 0 Å². The molecule has 1 fully saturated rings. The fourth-order valence-corrected chi connectivity index (χ4v) is 4.81. The summed E-state index contributed by atoms with van der Waals surface area (Å²) in [5, 5.41) is 5.47. The highest BCUT2D eigenvalue weighted by atomic mass is 35.5. The minimum Gasteiger partial charge on any atom is -0.465 e. The van der Waals surface area contributed by atoms with Crippen LogP contribution in [0.1, 0.15) is 26.4 Å². The minimum atomic E-state index is -0.336. The molecule has 1 N–H and O–H groups in total. The number of anilines is 1. The first-order valence-corrected chi connectivity index (χ1v) is 10.7. The van der Waals surface area contributed by atoms with Gasteiger partial charge in [0.1, 0.15) is 5.00 Å². The number of nitrogens with zero attached hydrogens (tertiary/aromatic N) is 2. The first kappa shape index (κ1) is 21.0. The number of carbonyl (C=O) groups is 1. The SMILES string of the molecule is COC(=O)c1c(NC(=S)N2CCN(Cc3ccccc3Cl)CC2)sc(C)c1C. The standard InChI is InChI=1S/C20H24ClN3O2S2/c1-13-14(2)28-18(17(13)19(25)26-3)22-20(27)24-10-8-23(9-11-24)12-15-6-4-5-7-16(15)21/h4-7H,8-12H2,1-3H3,(H,22,27). The number of thiophene rings is 1. The Morgan fingerprint density at radius 1 is 1.25 bits per heavy atom. The van der Waals surface area contributed by atoms with Gasteiger partial charge in [0.05, 0.1) is 12.7 Å². The van der Waals surface area contributed by atoms with E-state index in [9.17, 15) is 4.79 Å². The van der Waals surface area contributed by atoms with E-state index in [0.29, 0.717) is 10.7 Å². The lowest BCUT2D eigenvalue weighted by Crippen LogP contribution is -2.49. The van der Waals surface area contributed by atoms with Gasteiger partial charge >= 0.3 is 5.97 Å². The minimum absolute atomic E-state index is 0.336. The van der Waals surface area contributed by atoms with E-state index in [1.165, 1.54) is 18.4 Å². The maximum absolute atomic E-state index is 12.1. The van der Waals surface area contributed by atoms with Gasteiger partial charge in [-0.15, -0.1) is 11.3 Å². The molecule has 0 radical (unpaired) electrons. The zero-order chi connectivity index (χ0) is 20.3. The third-order valence-corrected chi connectivity index (χ3v) is 6.86. The van der Waals surface area contributed by atoms with Crippen molar-refractivity contribution in [1.82, 2.24) is 9.80 Å². The van der Waals surface area contributed by atoms with Gasteiger partial charge < -0.3 is 15.0 Å². The normalized spacial score (nSPS) is 14.8. The van der Waals surface area contributed by atoms with Gasteiger partial charge in [0.2, 0.25) is 0 Å². The molecular formula is C20H24ClN3O2S2. The van der Waals surface area contributed by atoms with Crippen molar-refractivity contribution in [3.63, 3.8) is 0 Å². The number of nitrogens with one attached hydrogen (secondary N) is 1. The van der Waals surface area contributed by atoms with Gasteiger partial charge in [-0.2, -0.15) is 0 Å². The number of esters is 1. The molecule has 1 aromatic heterocycles. The Morgan fingerprint density at radius 2 is 1.93 bits per heavy atom. The number of hydrogen-bond acceptors (Lipinski definition) is 5. The molecule has 0 spiro atoms. The molecule has 1 saturated heterocycles. The second kappa shape index (κ2) is 9.22. The maximum atomic E-state index is 12.1. The summed E-state index contributed by atoms with van der Waals surface area (Å²) in [7, 11) is 1.40. The van der Waals surface area contributed by atoms with E-state index in [-0.39, 0.29) is 5.97 Å². The van der Waals surface area contributed by atoms with Gasteiger partial charge in [-0.05, 0) is 43.3 Å². The van der Waals surface area contributed by atoms with Crippen LogP contribution in [-0.4, -0.2) is 54.2 Å². The lowest BCUT2D eigenvalue weighted by Gasteiger charge is -2.36. The smallest absolute Gasteiger partial charge is 0.341 e. The zero-order valence-corrected chi connectivity index (χ0v) is 18.6. The Labute approximate surface area is 180 Å². The lowest BCUT2D eigenvalue weighted by atomic mass is 10.1. The number of carbonyl (C=O) groups excluding carboxylic acids is 1. The van der Waals surface area contributed by atoms with Crippen molar-refractivity contribution in [2.24, 2.45) is 0 Å². The highest BCUT2D eigenvalue weighted by molar-refractivity contribution is 7.80. The Bertz CT molecular complexity index is 876. The van der Waals surface area contributed by atoms with Gasteiger partial charge in [0, 0.05) is 42.6 Å². The Kier molecular flexibility index (Phi) is 6.93. The number of thiocarbonyl (C=S) groups is 1. The summed E-state index contributed by atoms with van der Waals surface area (Å²) in [4.78, 5) is 17.7. The number of methoxy groups -OCH3 is 1. The molecule has 8 heteroatoms. The van der Waals surface area contributed by atoms with Crippen LogP contribution in [0.3, 0.4) is 0 Å². The van der Waals surface area contributed by atoms with Crippen LogP contribution < -0.4 is 5.32 Å². The third-order valence-electron chi connectivity index (χ3n) is 5.01.